The highest BCUT2D eigenvalue weighted by Gasteiger charge is 2.38. The van der Waals surface area contributed by atoms with Crippen molar-refractivity contribution in [2.24, 2.45) is 0 Å². The number of nitrogens with zero attached hydrogens (tertiary/aromatic N) is 2. The first-order valence-electron chi connectivity index (χ1n) is 31.8. The molecule has 0 fully saturated rings. The van der Waals surface area contributed by atoms with Crippen molar-refractivity contribution in [2.45, 2.75) is 38.5 Å². The molecule has 17 rings (SSSR count). The Hall–Kier alpha value is -11.2. The molecule has 0 unspecified atom stereocenters. The van der Waals surface area contributed by atoms with Crippen molar-refractivity contribution in [3.05, 3.63) is 337 Å². The SMILES string of the molecule is CC1(C)c2ccccc2-c2ccc(N(c3ccc4c(ccc5c6ccc(N(c7ccc8c(c7)C(C)(C)c7ccccc7-8)c7cc(-c8ccccc8)cc(-c8ccccc8)c7F)cc6c6ccccc6c45)c3)c3cc(-c4ccccc4)cc(-c4ccccc4)c3F)cc21. The van der Waals surface area contributed by atoms with E-state index in [0.717, 1.165) is 99.2 Å². The van der Waals surface area contributed by atoms with Gasteiger partial charge in [0.2, 0.25) is 0 Å². The standard InChI is InChI=1S/C88H62F2N2/c1-87(2)78-35-21-19-32-69(78)71-45-40-64(53-80(71)87)91(82-50-60(55-23-9-5-10-24-55)48-75(85(82)89)57-27-13-7-14-28-57)62-38-43-66-59(47-62)37-42-74-68-44-39-63(52-77(68)67-31-17-18-34-73(67)84(66)74)92(65-41-46-72-70-33-20-22-36-79(70)88(3,4)81(72)54-65)83-51-61(56-25-11-6-12-26-56)49-76(86(83)90)58-29-15-8-16-30-58/h5-54H,1-4H3. The molecule has 92 heavy (non-hydrogen) atoms. The highest BCUT2D eigenvalue weighted by Crippen LogP contribution is 2.55. The van der Waals surface area contributed by atoms with Crippen LogP contribution >= 0.6 is 0 Å². The zero-order valence-electron chi connectivity index (χ0n) is 51.5. The largest absolute Gasteiger partial charge is 0.308 e. The molecule has 4 heteroatoms. The molecule has 2 nitrogen and oxygen atoms in total. The fourth-order valence-corrected chi connectivity index (χ4v) is 15.3. The molecule has 0 spiro atoms. The van der Waals surface area contributed by atoms with Crippen LogP contribution in [0.2, 0.25) is 0 Å². The van der Waals surface area contributed by atoms with E-state index in [-0.39, 0.29) is 22.5 Å². The van der Waals surface area contributed by atoms with Crippen LogP contribution in [0.15, 0.2) is 303 Å². The minimum atomic E-state index is -0.305. The van der Waals surface area contributed by atoms with E-state index in [4.69, 9.17) is 0 Å². The van der Waals surface area contributed by atoms with E-state index in [1.165, 1.54) is 44.5 Å². The maximum Gasteiger partial charge on any atom is 0.155 e. The predicted molar refractivity (Wildman–Crippen MR) is 383 cm³/mol. The summed E-state index contributed by atoms with van der Waals surface area (Å²) in [5, 5.41) is 8.65. The van der Waals surface area contributed by atoms with Crippen LogP contribution in [-0.4, -0.2) is 0 Å². The van der Waals surface area contributed by atoms with Gasteiger partial charge in [0.15, 0.2) is 11.6 Å². The van der Waals surface area contributed by atoms with E-state index < -0.39 is 0 Å². The minimum absolute atomic E-state index is 0.292. The molecule has 0 N–H and O–H groups in total. The summed E-state index contributed by atoms with van der Waals surface area (Å²) in [5.74, 6) is -0.609. The van der Waals surface area contributed by atoms with Gasteiger partial charge in [0.1, 0.15) is 0 Å². The molecule has 2 aliphatic carbocycles. The Balaban J connectivity index is 0.869. The molecular weight excluding hydrogens is 1120 g/mol. The second-order valence-electron chi connectivity index (χ2n) is 25.8. The normalized spacial score (nSPS) is 13.3. The molecule has 0 heterocycles. The summed E-state index contributed by atoms with van der Waals surface area (Å²) in [4.78, 5) is 4.27. The van der Waals surface area contributed by atoms with Crippen LogP contribution in [-0.2, 0) is 10.8 Å². The van der Waals surface area contributed by atoms with Crippen LogP contribution in [0.25, 0.3) is 110 Å². The average Bonchev–Trinajstić information content (AvgIpc) is 1.06. The fraction of sp³-hybridized carbons (Fsp3) is 0.0682. The van der Waals surface area contributed by atoms with Crippen LogP contribution in [0, 0.1) is 11.6 Å². The Morgan fingerprint density at radius 2 is 0.598 bits per heavy atom. The minimum Gasteiger partial charge on any atom is -0.308 e. The molecule has 0 radical (unpaired) electrons. The highest BCUT2D eigenvalue weighted by atomic mass is 19.1. The summed E-state index contributed by atoms with van der Waals surface area (Å²) in [7, 11) is 0. The second-order valence-corrected chi connectivity index (χ2v) is 25.8. The molecule has 15 aromatic rings. The zero-order valence-corrected chi connectivity index (χ0v) is 51.5. The van der Waals surface area contributed by atoms with Crippen molar-refractivity contribution in [1.29, 1.82) is 0 Å². The monoisotopic (exact) mass is 1180 g/mol. The molecular formula is C88H62F2N2. The summed E-state index contributed by atoms with van der Waals surface area (Å²) in [6, 6.07) is 106. The summed E-state index contributed by atoms with van der Waals surface area (Å²) >= 11 is 0. The number of halogens is 2. The van der Waals surface area contributed by atoms with E-state index in [0.29, 0.717) is 22.5 Å². The van der Waals surface area contributed by atoms with E-state index in [1.807, 2.05) is 121 Å². The maximum absolute atomic E-state index is 18.4. The number of fused-ring (bicyclic) bond motifs is 14. The molecule has 0 saturated heterocycles. The molecule has 15 aromatic carbocycles. The first kappa shape index (κ1) is 54.9. The Labute approximate surface area is 535 Å². The average molecular weight is 1190 g/mol. The van der Waals surface area contributed by atoms with Crippen LogP contribution < -0.4 is 9.80 Å². The lowest BCUT2D eigenvalue weighted by Gasteiger charge is -2.30. The van der Waals surface area contributed by atoms with Crippen molar-refractivity contribution in [2.75, 3.05) is 9.80 Å². The third kappa shape index (κ3) is 8.65. The fourth-order valence-electron chi connectivity index (χ4n) is 15.3. The Morgan fingerprint density at radius 3 is 1.10 bits per heavy atom. The van der Waals surface area contributed by atoms with Gasteiger partial charge in [-0.15, -0.1) is 0 Å². The van der Waals surface area contributed by atoms with Gasteiger partial charge in [-0.2, -0.15) is 0 Å². The number of anilines is 6. The summed E-state index contributed by atoms with van der Waals surface area (Å²) in [6.07, 6.45) is 0. The summed E-state index contributed by atoms with van der Waals surface area (Å²) in [5.41, 5.74) is 20.0. The predicted octanol–water partition coefficient (Wildman–Crippen LogP) is 24.8. The van der Waals surface area contributed by atoms with Crippen molar-refractivity contribution in [3.63, 3.8) is 0 Å². The van der Waals surface area contributed by atoms with E-state index in [2.05, 4.69) is 219 Å². The molecule has 2 aliphatic rings. The summed E-state index contributed by atoms with van der Waals surface area (Å²) in [6.45, 7) is 9.18. The number of rotatable bonds is 10. The Morgan fingerprint density at radius 1 is 0.239 bits per heavy atom. The molecule has 0 saturated carbocycles. The Kier molecular flexibility index (Phi) is 12.7. The van der Waals surface area contributed by atoms with Gasteiger partial charge in [-0.3, -0.25) is 0 Å². The number of hydrogen-bond acceptors (Lipinski definition) is 2. The van der Waals surface area contributed by atoms with Crippen LogP contribution in [0.5, 0.6) is 0 Å². The third-order valence-corrected chi connectivity index (χ3v) is 19.9. The van der Waals surface area contributed by atoms with Gasteiger partial charge in [0, 0.05) is 44.7 Å². The lowest BCUT2D eigenvalue weighted by Crippen LogP contribution is -2.17. The highest BCUT2D eigenvalue weighted by molar-refractivity contribution is 6.32. The Bertz CT molecular complexity index is 5450. The van der Waals surface area contributed by atoms with E-state index in [9.17, 15) is 0 Å². The lowest BCUT2D eigenvalue weighted by atomic mass is 9.82. The zero-order chi connectivity index (χ0) is 62.0. The molecule has 0 amide bonds. The molecule has 0 aromatic heterocycles. The molecule has 438 valence electrons. The maximum atomic E-state index is 18.4. The van der Waals surface area contributed by atoms with E-state index >= 15 is 8.78 Å². The van der Waals surface area contributed by atoms with Crippen LogP contribution in [0.4, 0.5) is 42.9 Å². The van der Waals surface area contributed by atoms with Crippen LogP contribution in [0.3, 0.4) is 0 Å². The van der Waals surface area contributed by atoms with Gasteiger partial charge in [-0.25, -0.2) is 8.78 Å². The van der Waals surface area contributed by atoms with E-state index in [1.54, 1.807) is 0 Å². The van der Waals surface area contributed by atoms with Gasteiger partial charge in [0.05, 0.1) is 11.4 Å². The van der Waals surface area contributed by atoms with Gasteiger partial charge in [0.25, 0.3) is 0 Å². The first-order valence-corrected chi connectivity index (χ1v) is 31.8. The molecule has 0 atom stereocenters. The first-order chi connectivity index (χ1) is 45.0. The molecule has 0 aliphatic heterocycles. The van der Waals surface area contributed by atoms with Gasteiger partial charge >= 0.3 is 0 Å². The number of hydrogen-bond donors (Lipinski definition) is 0. The summed E-state index contributed by atoms with van der Waals surface area (Å²) < 4.78 is 36.7. The quantitative estimate of drug-likeness (QED) is 0.126. The smallest absolute Gasteiger partial charge is 0.155 e. The second kappa shape index (κ2) is 21.2. The van der Waals surface area contributed by atoms with Gasteiger partial charge in [-0.05, 0) is 194 Å². The lowest BCUT2D eigenvalue weighted by molar-refractivity contribution is 0.632. The number of benzene rings is 15. The van der Waals surface area contributed by atoms with Crippen molar-refractivity contribution >= 4 is 77.2 Å². The van der Waals surface area contributed by atoms with Crippen molar-refractivity contribution < 1.29 is 8.78 Å². The third-order valence-electron chi connectivity index (χ3n) is 19.9. The van der Waals surface area contributed by atoms with Crippen LogP contribution in [0.1, 0.15) is 49.9 Å². The van der Waals surface area contributed by atoms with Gasteiger partial charge < -0.3 is 9.80 Å². The van der Waals surface area contributed by atoms with Crippen molar-refractivity contribution in [1.82, 2.24) is 0 Å². The topological polar surface area (TPSA) is 6.48 Å². The van der Waals surface area contributed by atoms with Crippen molar-refractivity contribution in [3.8, 4) is 66.8 Å². The molecule has 0 bridgehead atoms. The van der Waals surface area contributed by atoms with Gasteiger partial charge in [-0.1, -0.05) is 258 Å².